The van der Waals surface area contributed by atoms with E-state index in [1.165, 1.54) is 0 Å². The number of rotatable bonds is 8. The molecule has 0 amide bonds. The third-order valence-corrected chi connectivity index (χ3v) is 2.87. The van der Waals surface area contributed by atoms with E-state index < -0.39 is 5.72 Å². The summed E-state index contributed by atoms with van der Waals surface area (Å²) in [5.74, 6) is 0. The van der Waals surface area contributed by atoms with Crippen LogP contribution in [0.1, 0.15) is 27.2 Å². The lowest BCUT2D eigenvalue weighted by Crippen LogP contribution is -2.47. The van der Waals surface area contributed by atoms with Gasteiger partial charge in [0.2, 0.25) is 0 Å². The molecule has 3 unspecified atom stereocenters. The smallest absolute Gasteiger partial charge is 0.137 e. The van der Waals surface area contributed by atoms with Crippen LogP contribution >= 0.6 is 0 Å². The maximum absolute atomic E-state index is 6.01. The van der Waals surface area contributed by atoms with Crippen LogP contribution in [0.15, 0.2) is 0 Å². The minimum Gasteiger partial charge on any atom is -0.373 e. The number of hydrogen-bond acceptors (Lipinski definition) is 5. The average Bonchev–Trinajstić information content (AvgIpc) is 3.06. The predicted molar refractivity (Wildman–Crippen MR) is 62.7 cm³/mol. The van der Waals surface area contributed by atoms with Crippen LogP contribution in [-0.4, -0.2) is 50.0 Å². The molecule has 0 bridgehead atoms. The molecular weight excluding hydrogens is 222 g/mol. The largest absolute Gasteiger partial charge is 0.373 e. The van der Waals surface area contributed by atoms with Crippen molar-refractivity contribution in [3.05, 3.63) is 0 Å². The summed E-state index contributed by atoms with van der Waals surface area (Å²) in [7, 11) is 0. The molecule has 100 valence electrons. The van der Waals surface area contributed by atoms with Crippen molar-refractivity contribution in [1.82, 2.24) is 0 Å². The highest BCUT2D eigenvalue weighted by molar-refractivity contribution is 4.82. The highest BCUT2D eigenvalue weighted by atomic mass is 16.6. The number of nitrogens with two attached hydrogens (primary N) is 1. The van der Waals surface area contributed by atoms with Crippen LogP contribution < -0.4 is 5.73 Å². The Labute approximate surface area is 103 Å². The molecule has 17 heavy (non-hydrogen) atoms. The lowest BCUT2D eigenvalue weighted by Gasteiger charge is -2.31. The molecule has 5 nitrogen and oxygen atoms in total. The zero-order valence-corrected chi connectivity index (χ0v) is 10.9. The lowest BCUT2D eigenvalue weighted by atomic mass is 10.0. The Bertz CT molecular complexity index is 259. The Morgan fingerprint density at radius 1 is 1.12 bits per heavy atom. The Balaban J connectivity index is 1.66. The molecule has 5 heteroatoms. The Morgan fingerprint density at radius 3 is 2.24 bits per heavy atom. The summed E-state index contributed by atoms with van der Waals surface area (Å²) in [6.07, 6.45) is 1.48. The molecule has 0 aromatic carbocycles. The lowest BCUT2D eigenvalue weighted by molar-refractivity contribution is -0.130. The van der Waals surface area contributed by atoms with E-state index in [-0.39, 0.29) is 11.7 Å². The maximum Gasteiger partial charge on any atom is 0.137 e. The SMILES string of the molecule is CC(C)(CC1CO1)OCC(C)(N)OCC1CO1. The molecule has 0 aromatic heterocycles. The van der Waals surface area contributed by atoms with Gasteiger partial charge in [0.05, 0.1) is 38.1 Å². The number of ether oxygens (including phenoxy) is 4. The molecule has 2 heterocycles. The van der Waals surface area contributed by atoms with Crippen molar-refractivity contribution in [3.63, 3.8) is 0 Å². The van der Waals surface area contributed by atoms with Crippen LogP contribution in [0.5, 0.6) is 0 Å². The Morgan fingerprint density at radius 2 is 1.71 bits per heavy atom. The third kappa shape index (κ3) is 5.31. The summed E-state index contributed by atoms with van der Waals surface area (Å²) in [6, 6.07) is 0. The van der Waals surface area contributed by atoms with Gasteiger partial charge >= 0.3 is 0 Å². The zero-order valence-electron chi connectivity index (χ0n) is 10.9. The monoisotopic (exact) mass is 245 g/mol. The summed E-state index contributed by atoms with van der Waals surface area (Å²) >= 11 is 0. The summed E-state index contributed by atoms with van der Waals surface area (Å²) in [4.78, 5) is 0. The fourth-order valence-electron chi connectivity index (χ4n) is 1.62. The van der Waals surface area contributed by atoms with E-state index in [9.17, 15) is 0 Å². The van der Waals surface area contributed by atoms with Gasteiger partial charge in [-0.05, 0) is 20.8 Å². The topological polar surface area (TPSA) is 69.5 Å². The molecule has 2 fully saturated rings. The minimum absolute atomic E-state index is 0.221. The minimum atomic E-state index is -0.756. The van der Waals surface area contributed by atoms with Crippen molar-refractivity contribution < 1.29 is 18.9 Å². The fourth-order valence-corrected chi connectivity index (χ4v) is 1.62. The molecule has 0 radical (unpaired) electrons. The first kappa shape index (κ1) is 13.2. The van der Waals surface area contributed by atoms with Crippen LogP contribution in [0, 0.1) is 0 Å². The van der Waals surface area contributed by atoms with Crippen LogP contribution in [0.25, 0.3) is 0 Å². The summed E-state index contributed by atoms with van der Waals surface area (Å²) in [5, 5.41) is 0. The highest BCUT2D eigenvalue weighted by Gasteiger charge is 2.34. The van der Waals surface area contributed by atoms with Gasteiger partial charge in [0, 0.05) is 6.42 Å². The van der Waals surface area contributed by atoms with Gasteiger partial charge in [-0.1, -0.05) is 0 Å². The van der Waals surface area contributed by atoms with E-state index in [1.54, 1.807) is 0 Å². The first-order valence-corrected chi connectivity index (χ1v) is 6.16. The van der Waals surface area contributed by atoms with Crippen LogP contribution in [-0.2, 0) is 18.9 Å². The van der Waals surface area contributed by atoms with E-state index in [4.69, 9.17) is 24.7 Å². The van der Waals surface area contributed by atoms with E-state index in [2.05, 4.69) is 13.8 Å². The molecule has 2 aliphatic rings. The first-order chi connectivity index (χ1) is 7.86. The van der Waals surface area contributed by atoms with E-state index in [0.717, 1.165) is 19.6 Å². The molecule has 2 saturated heterocycles. The van der Waals surface area contributed by atoms with Gasteiger partial charge in [-0.3, -0.25) is 0 Å². The van der Waals surface area contributed by atoms with Gasteiger partial charge in [0.15, 0.2) is 0 Å². The van der Waals surface area contributed by atoms with Crippen molar-refractivity contribution in [2.75, 3.05) is 26.4 Å². The second-order valence-electron chi connectivity index (χ2n) is 5.79. The molecule has 0 aliphatic carbocycles. The zero-order chi connectivity index (χ0) is 12.5. The molecule has 0 spiro atoms. The van der Waals surface area contributed by atoms with E-state index in [1.807, 2.05) is 6.92 Å². The maximum atomic E-state index is 6.01. The van der Waals surface area contributed by atoms with Gasteiger partial charge in [-0.2, -0.15) is 0 Å². The Kier molecular flexibility index (Phi) is 3.75. The molecular formula is C12H23NO4. The van der Waals surface area contributed by atoms with Crippen LogP contribution in [0.2, 0.25) is 0 Å². The van der Waals surface area contributed by atoms with Gasteiger partial charge in [-0.15, -0.1) is 0 Å². The molecule has 2 N–H and O–H groups in total. The fraction of sp³-hybridized carbons (Fsp3) is 1.00. The third-order valence-electron chi connectivity index (χ3n) is 2.87. The van der Waals surface area contributed by atoms with E-state index in [0.29, 0.717) is 19.3 Å². The molecule has 2 rings (SSSR count). The Hall–Kier alpha value is -0.200. The molecule has 0 aromatic rings. The first-order valence-electron chi connectivity index (χ1n) is 6.16. The van der Waals surface area contributed by atoms with Gasteiger partial charge < -0.3 is 24.7 Å². The second kappa shape index (κ2) is 4.82. The molecule has 2 aliphatic heterocycles. The van der Waals surface area contributed by atoms with Gasteiger partial charge in [0.25, 0.3) is 0 Å². The number of epoxide rings is 2. The quantitative estimate of drug-likeness (QED) is 0.502. The second-order valence-corrected chi connectivity index (χ2v) is 5.79. The average molecular weight is 245 g/mol. The molecule has 3 atom stereocenters. The van der Waals surface area contributed by atoms with Crippen molar-refractivity contribution in [2.24, 2.45) is 5.73 Å². The van der Waals surface area contributed by atoms with Crippen molar-refractivity contribution >= 4 is 0 Å². The summed E-state index contributed by atoms with van der Waals surface area (Å²) < 4.78 is 21.7. The predicted octanol–water partition coefficient (Wildman–Crippen LogP) is 0.661. The number of hydrogen-bond donors (Lipinski definition) is 1. The standard InChI is InChI=1S/C12H23NO4/c1-11(2,4-9-5-14-9)17-8-12(3,13)16-7-10-6-15-10/h9-10H,4-8,13H2,1-3H3. The van der Waals surface area contributed by atoms with Crippen molar-refractivity contribution in [1.29, 1.82) is 0 Å². The molecule has 0 saturated carbocycles. The summed E-state index contributed by atoms with van der Waals surface area (Å²) in [5.41, 5.74) is 5.04. The van der Waals surface area contributed by atoms with Crippen molar-refractivity contribution in [2.45, 2.75) is 50.7 Å². The van der Waals surface area contributed by atoms with Gasteiger partial charge in [0.1, 0.15) is 11.8 Å². The van der Waals surface area contributed by atoms with Crippen molar-refractivity contribution in [3.8, 4) is 0 Å². The normalized spacial score (nSPS) is 31.1. The van der Waals surface area contributed by atoms with Gasteiger partial charge in [-0.25, -0.2) is 0 Å². The van der Waals surface area contributed by atoms with Crippen LogP contribution in [0.4, 0.5) is 0 Å². The van der Waals surface area contributed by atoms with Crippen LogP contribution in [0.3, 0.4) is 0 Å². The highest BCUT2D eigenvalue weighted by Crippen LogP contribution is 2.26. The van der Waals surface area contributed by atoms with E-state index >= 15 is 0 Å². The summed E-state index contributed by atoms with van der Waals surface area (Å²) in [6.45, 7) is 8.48.